The number of unbranched alkanes of at least 4 members (excludes halogenated alkanes) is 6. The van der Waals surface area contributed by atoms with E-state index < -0.39 is 5.82 Å². The lowest BCUT2D eigenvalue weighted by Gasteiger charge is -2.08. The van der Waals surface area contributed by atoms with Gasteiger partial charge in [0, 0.05) is 0 Å². The molecule has 0 aliphatic heterocycles. The molecule has 0 aliphatic rings. The SMILES string of the molecule is CCCCCCCCCOc1cccc(F)c1C#N. The van der Waals surface area contributed by atoms with Gasteiger partial charge in [-0.2, -0.15) is 5.26 Å². The Bertz CT molecular complexity index is 412. The minimum atomic E-state index is -0.514. The number of nitrogens with zero attached hydrogens (tertiary/aromatic N) is 1. The quantitative estimate of drug-likeness (QED) is 0.598. The van der Waals surface area contributed by atoms with E-state index in [4.69, 9.17) is 10.00 Å². The standard InChI is InChI=1S/C16H22FNO/c1-2-3-4-5-6-7-8-12-19-16-11-9-10-15(17)14(16)13-18/h9-11H,2-8,12H2,1H3. The highest BCUT2D eigenvalue weighted by molar-refractivity contribution is 5.43. The summed E-state index contributed by atoms with van der Waals surface area (Å²) in [5, 5.41) is 8.85. The lowest BCUT2D eigenvalue weighted by molar-refractivity contribution is 0.302. The Morgan fingerprint density at radius 2 is 1.79 bits per heavy atom. The molecule has 0 fully saturated rings. The molecular weight excluding hydrogens is 241 g/mol. The van der Waals surface area contributed by atoms with Crippen molar-refractivity contribution in [2.45, 2.75) is 51.9 Å². The van der Waals surface area contributed by atoms with Gasteiger partial charge in [0.25, 0.3) is 0 Å². The molecule has 0 N–H and O–H groups in total. The first-order valence-electron chi connectivity index (χ1n) is 7.11. The van der Waals surface area contributed by atoms with Gasteiger partial charge < -0.3 is 4.74 Å². The average Bonchev–Trinajstić information content (AvgIpc) is 2.42. The maximum absolute atomic E-state index is 13.3. The van der Waals surface area contributed by atoms with Gasteiger partial charge in [0.2, 0.25) is 0 Å². The summed E-state index contributed by atoms with van der Waals surface area (Å²) in [6.45, 7) is 2.76. The summed E-state index contributed by atoms with van der Waals surface area (Å²) in [6.07, 6.45) is 8.45. The lowest BCUT2D eigenvalue weighted by atomic mass is 10.1. The van der Waals surface area contributed by atoms with Crippen LogP contribution < -0.4 is 4.74 Å². The Morgan fingerprint density at radius 1 is 1.11 bits per heavy atom. The van der Waals surface area contributed by atoms with E-state index in [1.807, 2.05) is 6.07 Å². The van der Waals surface area contributed by atoms with Crippen molar-refractivity contribution in [1.29, 1.82) is 5.26 Å². The fraction of sp³-hybridized carbons (Fsp3) is 0.562. The van der Waals surface area contributed by atoms with Crippen molar-refractivity contribution in [3.05, 3.63) is 29.6 Å². The van der Waals surface area contributed by atoms with E-state index in [0.29, 0.717) is 12.4 Å². The second kappa shape index (κ2) is 9.38. The molecule has 1 rings (SSSR count). The van der Waals surface area contributed by atoms with Crippen molar-refractivity contribution in [1.82, 2.24) is 0 Å². The maximum atomic E-state index is 13.3. The number of benzene rings is 1. The number of hydrogen-bond acceptors (Lipinski definition) is 2. The molecule has 0 amide bonds. The lowest BCUT2D eigenvalue weighted by Crippen LogP contribution is -2.00. The van der Waals surface area contributed by atoms with Crippen molar-refractivity contribution in [3.63, 3.8) is 0 Å². The third-order valence-electron chi connectivity index (χ3n) is 3.09. The molecule has 0 bridgehead atoms. The zero-order valence-electron chi connectivity index (χ0n) is 11.6. The second-order valence-corrected chi connectivity index (χ2v) is 4.69. The van der Waals surface area contributed by atoms with Crippen LogP contribution in [0.5, 0.6) is 5.75 Å². The van der Waals surface area contributed by atoms with Crippen LogP contribution in [0.3, 0.4) is 0 Å². The number of hydrogen-bond donors (Lipinski definition) is 0. The largest absolute Gasteiger partial charge is 0.492 e. The second-order valence-electron chi connectivity index (χ2n) is 4.69. The molecule has 1 aromatic rings. The van der Waals surface area contributed by atoms with Crippen LogP contribution in [0.1, 0.15) is 57.4 Å². The van der Waals surface area contributed by atoms with Crippen molar-refractivity contribution in [3.8, 4) is 11.8 Å². The molecule has 0 radical (unpaired) electrons. The summed E-state index contributed by atoms with van der Waals surface area (Å²) in [5.74, 6) is -0.159. The highest BCUT2D eigenvalue weighted by Gasteiger charge is 2.08. The Kier molecular flexibility index (Phi) is 7.65. The molecule has 0 saturated carbocycles. The molecule has 104 valence electrons. The van der Waals surface area contributed by atoms with Gasteiger partial charge >= 0.3 is 0 Å². The zero-order valence-corrected chi connectivity index (χ0v) is 11.6. The molecule has 0 spiro atoms. The first-order chi connectivity index (χ1) is 9.29. The highest BCUT2D eigenvalue weighted by Crippen LogP contribution is 2.20. The topological polar surface area (TPSA) is 33.0 Å². The van der Waals surface area contributed by atoms with Gasteiger partial charge in [-0.05, 0) is 18.6 Å². The summed E-state index contributed by atoms with van der Waals surface area (Å²) in [6, 6.07) is 6.32. The monoisotopic (exact) mass is 263 g/mol. The van der Waals surface area contributed by atoms with Crippen molar-refractivity contribution in [2.75, 3.05) is 6.61 Å². The number of rotatable bonds is 9. The molecule has 0 saturated heterocycles. The smallest absolute Gasteiger partial charge is 0.144 e. The fourth-order valence-electron chi connectivity index (χ4n) is 1.97. The molecule has 0 heterocycles. The van der Waals surface area contributed by atoms with Crippen molar-refractivity contribution in [2.24, 2.45) is 0 Å². The number of ether oxygens (including phenoxy) is 1. The van der Waals surface area contributed by atoms with Gasteiger partial charge in [0.05, 0.1) is 6.61 Å². The van der Waals surface area contributed by atoms with Crippen LogP contribution in [0.4, 0.5) is 4.39 Å². The van der Waals surface area contributed by atoms with E-state index in [9.17, 15) is 4.39 Å². The van der Waals surface area contributed by atoms with E-state index in [1.165, 1.54) is 38.2 Å². The van der Waals surface area contributed by atoms with Crippen LogP contribution in [0.2, 0.25) is 0 Å². The molecule has 0 unspecified atom stereocenters. The van der Waals surface area contributed by atoms with Crippen molar-refractivity contribution < 1.29 is 9.13 Å². The average molecular weight is 263 g/mol. The Morgan fingerprint density at radius 3 is 2.47 bits per heavy atom. The predicted octanol–water partition coefficient (Wildman–Crippen LogP) is 4.83. The maximum Gasteiger partial charge on any atom is 0.144 e. The van der Waals surface area contributed by atoms with E-state index in [2.05, 4.69) is 6.92 Å². The van der Waals surface area contributed by atoms with Gasteiger partial charge in [-0.15, -0.1) is 0 Å². The molecule has 3 heteroatoms. The normalized spacial score (nSPS) is 10.2. The minimum Gasteiger partial charge on any atom is -0.492 e. The van der Waals surface area contributed by atoms with Gasteiger partial charge in [0.1, 0.15) is 23.2 Å². The summed E-state index contributed by atoms with van der Waals surface area (Å²) >= 11 is 0. The van der Waals surface area contributed by atoms with Crippen LogP contribution >= 0.6 is 0 Å². The van der Waals surface area contributed by atoms with E-state index >= 15 is 0 Å². The molecule has 2 nitrogen and oxygen atoms in total. The Labute approximate surface area is 115 Å². The van der Waals surface area contributed by atoms with Crippen LogP contribution in [0, 0.1) is 17.1 Å². The highest BCUT2D eigenvalue weighted by atomic mass is 19.1. The molecule has 1 aromatic carbocycles. The summed E-state index contributed by atoms with van der Waals surface area (Å²) in [4.78, 5) is 0. The van der Waals surface area contributed by atoms with Crippen LogP contribution in [0.15, 0.2) is 18.2 Å². The summed E-state index contributed by atoms with van der Waals surface area (Å²) in [5.41, 5.74) is 0.00504. The molecule has 19 heavy (non-hydrogen) atoms. The van der Waals surface area contributed by atoms with E-state index in [0.717, 1.165) is 12.8 Å². The number of nitriles is 1. The fourth-order valence-corrected chi connectivity index (χ4v) is 1.97. The molecular formula is C16H22FNO. The third kappa shape index (κ3) is 5.74. The van der Waals surface area contributed by atoms with Crippen LogP contribution in [0.25, 0.3) is 0 Å². The zero-order chi connectivity index (χ0) is 13.9. The van der Waals surface area contributed by atoms with Gasteiger partial charge in [0.15, 0.2) is 0 Å². The molecule has 0 aromatic heterocycles. The summed E-state index contributed by atoms with van der Waals surface area (Å²) < 4.78 is 18.8. The van der Waals surface area contributed by atoms with Gasteiger partial charge in [-0.3, -0.25) is 0 Å². The summed E-state index contributed by atoms with van der Waals surface area (Å²) in [7, 11) is 0. The Balaban J connectivity index is 2.20. The van der Waals surface area contributed by atoms with Gasteiger partial charge in [-0.1, -0.05) is 51.5 Å². The van der Waals surface area contributed by atoms with Crippen LogP contribution in [-0.4, -0.2) is 6.61 Å². The predicted molar refractivity (Wildman–Crippen MR) is 74.6 cm³/mol. The first-order valence-corrected chi connectivity index (χ1v) is 7.11. The molecule has 0 aliphatic carbocycles. The van der Waals surface area contributed by atoms with E-state index in [-0.39, 0.29) is 5.56 Å². The van der Waals surface area contributed by atoms with Crippen molar-refractivity contribution >= 4 is 0 Å². The van der Waals surface area contributed by atoms with Gasteiger partial charge in [-0.25, -0.2) is 4.39 Å². The van der Waals surface area contributed by atoms with Crippen LogP contribution in [-0.2, 0) is 0 Å². The first kappa shape index (κ1) is 15.5. The van der Waals surface area contributed by atoms with E-state index in [1.54, 1.807) is 12.1 Å². The minimum absolute atomic E-state index is 0.00504. The Hall–Kier alpha value is -1.56. The molecule has 0 atom stereocenters. The number of halogens is 1. The third-order valence-corrected chi connectivity index (χ3v) is 3.09.